The molecule has 1 N–H and O–H groups in total. The molecule has 0 spiro atoms. The van der Waals surface area contributed by atoms with Crippen LogP contribution in [0.5, 0.6) is 11.5 Å². The Bertz CT molecular complexity index is 1440. The maximum absolute atomic E-state index is 13.1. The van der Waals surface area contributed by atoms with Crippen molar-refractivity contribution in [3.8, 4) is 11.5 Å². The van der Waals surface area contributed by atoms with Crippen molar-refractivity contribution in [2.75, 3.05) is 34.4 Å². The zero-order valence-corrected chi connectivity index (χ0v) is 23.6. The van der Waals surface area contributed by atoms with Crippen LogP contribution in [0.4, 0.5) is 15.3 Å². The van der Waals surface area contributed by atoms with Crippen LogP contribution in [-0.4, -0.2) is 70.8 Å². The van der Waals surface area contributed by atoms with E-state index >= 15 is 0 Å². The zero-order valence-electron chi connectivity index (χ0n) is 22.0. The number of benzene rings is 2. The maximum atomic E-state index is 13.1. The van der Waals surface area contributed by atoms with Crippen molar-refractivity contribution < 1.29 is 41.3 Å². The highest BCUT2D eigenvalue weighted by molar-refractivity contribution is 7.87. The number of carbonyl (C=O) groups excluding carboxylic acids is 2. The van der Waals surface area contributed by atoms with Gasteiger partial charge in [0, 0.05) is 24.7 Å². The molecule has 0 aromatic heterocycles. The minimum Gasteiger partial charge on any atom is -0.492 e. The molecule has 3 rings (SSSR count). The second-order valence-electron chi connectivity index (χ2n) is 8.55. The number of piperidine rings is 1. The maximum Gasteiger partial charge on any atom is 0.436 e. The Morgan fingerprint density at radius 3 is 2.40 bits per heavy atom. The lowest BCUT2D eigenvalue weighted by atomic mass is 9.87. The Morgan fingerprint density at radius 1 is 1.15 bits per heavy atom. The quantitative estimate of drug-likeness (QED) is 0.167. The van der Waals surface area contributed by atoms with Crippen LogP contribution in [0.1, 0.15) is 29.9 Å². The number of ether oxygens (including phenoxy) is 3. The first-order valence-electron chi connectivity index (χ1n) is 11.7. The summed E-state index contributed by atoms with van der Waals surface area (Å²) >= 11 is 6.02. The molecule has 1 aliphatic heterocycles. The van der Waals surface area contributed by atoms with Gasteiger partial charge < -0.3 is 23.3 Å². The van der Waals surface area contributed by atoms with Gasteiger partial charge in [0.05, 0.1) is 26.3 Å². The zero-order chi connectivity index (χ0) is 29.6. The number of nitrogens with zero attached hydrogens (tertiary/aromatic N) is 3. The predicted molar refractivity (Wildman–Crippen MR) is 143 cm³/mol. The summed E-state index contributed by atoms with van der Waals surface area (Å²) in [6.07, 6.45) is -0.699. The van der Waals surface area contributed by atoms with Gasteiger partial charge in [0.2, 0.25) is 5.96 Å². The summed E-state index contributed by atoms with van der Waals surface area (Å²) in [6, 6.07) is 6.71. The van der Waals surface area contributed by atoms with Crippen LogP contribution in [0.3, 0.4) is 0 Å². The molecule has 0 aliphatic carbocycles. The summed E-state index contributed by atoms with van der Waals surface area (Å²) in [5.74, 6) is -0.0968. The van der Waals surface area contributed by atoms with Gasteiger partial charge in [-0.1, -0.05) is 23.7 Å². The van der Waals surface area contributed by atoms with Gasteiger partial charge in [-0.05, 0) is 43.4 Å². The number of guanidine groups is 1. The molecule has 0 saturated carbocycles. The Hall–Kier alpha value is -4.11. The molecule has 14 nitrogen and oxygen atoms in total. The van der Waals surface area contributed by atoms with Crippen LogP contribution < -0.4 is 14.2 Å². The molecule has 2 aromatic rings. The monoisotopic (exact) mass is 598 g/mol. The fourth-order valence-corrected chi connectivity index (χ4v) is 5.70. The molecule has 1 aliphatic rings. The van der Waals surface area contributed by atoms with Crippen LogP contribution in [-0.2, 0) is 19.6 Å². The largest absolute Gasteiger partial charge is 0.492 e. The van der Waals surface area contributed by atoms with E-state index < -0.39 is 42.8 Å². The molecule has 0 bridgehead atoms. The number of amides is 2. The first kappa shape index (κ1) is 30.4. The Kier molecular flexibility index (Phi) is 9.76. The topological polar surface area (TPSA) is 176 Å². The Labute approximate surface area is 235 Å². The summed E-state index contributed by atoms with van der Waals surface area (Å²) in [7, 11) is -0.883. The van der Waals surface area contributed by atoms with E-state index in [2.05, 4.69) is 19.8 Å². The number of alkyl carbamates (subject to hydrolysis) is 1. The second kappa shape index (κ2) is 12.8. The summed E-state index contributed by atoms with van der Waals surface area (Å²) < 4.78 is 46.4. The molecule has 0 unspecified atom stereocenters. The molecule has 16 heteroatoms. The average molecular weight is 599 g/mol. The van der Waals surface area contributed by atoms with Gasteiger partial charge in [-0.2, -0.15) is 8.42 Å². The SMILES string of the molecule is COC(=O)N=C(NC(=O)OC)N1CCC(c2cc(C)cc(OS(=O)(=O)c3cccc([N+](=O)[O-])c3Cl)c2OC)CC1. The predicted octanol–water partition coefficient (Wildman–Crippen LogP) is 3.99. The number of nitrogens with one attached hydrogen (secondary N) is 1. The number of hydrogen-bond donors (Lipinski definition) is 1. The third-order valence-electron chi connectivity index (χ3n) is 6.05. The van der Waals surface area contributed by atoms with Crippen LogP contribution in [0.25, 0.3) is 0 Å². The number of methoxy groups -OCH3 is 3. The summed E-state index contributed by atoms with van der Waals surface area (Å²) in [6.45, 7) is 2.47. The van der Waals surface area contributed by atoms with E-state index in [-0.39, 0.29) is 23.4 Å². The van der Waals surface area contributed by atoms with Crippen molar-refractivity contribution in [1.82, 2.24) is 10.2 Å². The summed E-state index contributed by atoms with van der Waals surface area (Å²) in [5.41, 5.74) is 0.769. The number of nitro groups is 1. The third-order valence-corrected chi connectivity index (χ3v) is 7.83. The summed E-state index contributed by atoms with van der Waals surface area (Å²) in [5, 5.41) is 13.1. The highest BCUT2D eigenvalue weighted by Crippen LogP contribution is 2.42. The van der Waals surface area contributed by atoms with Crippen molar-refractivity contribution in [2.24, 2.45) is 4.99 Å². The molecule has 0 atom stereocenters. The number of carbonyl (C=O) groups is 2. The van der Waals surface area contributed by atoms with Gasteiger partial charge in [0.25, 0.3) is 5.69 Å². The molecule has 1 saturated heterocycles. The smallest absolute Gasteiger partial charge is 0.436 e. The molecule has 40 heavy (non-hydrogen) atoms. The van der Waals surface area contributed by atoms with E-state index in [1.807, 2.05) is 6.07 Å². The Morgan fingerprint density at radius 2 is 1.82 bits per heavy atom. The van der Waals surface area contributed by atoms with Crippen molar-refractivity contribution in [1.29, 1.82) is 0 Å². The van der Waals surface area contributed by atoms with Gasteiger partial charge >= 0.3 is 22.3 Å². The van der Waals surface area contributed by atoms with Crippen molar-refractivity contribution in [2.45, 2.75) is 30.6 Å². The highest BCUT2D eigenvalue weighted by Gasteiger charge is 2.31. The lowest BCUT2D eigenvalue weighted by Gasteiger charge is -2.34. The molecular formula is C24H27ClN4O10S. The number of nitro benzene ring substituents is 1. The van der Waals surface area contributed by atoms with Crippen LogP contribution in [0, 0.1) is 17.0 Å². The van der Waals surface area contributed by atoms with E-state index in [0.29, 0.717) is 37.1 Å². The van der Waals surface area contributed by atoms with Crippen molar-refractivity contribution >= 4 is 45.6 Å². The second-order valence-corrected chi connectivity index (χ2v) is 10.4. The lowest BCUT2D eigenvalue weighted by Crippen LogP contribution is -2.47. The van der Waals surface area contributed by atoms with Gasteiger partial charge in [-0.15, -0.1) is 4.99 Å². The molecule has 216 valence electrons. The fraction of sp³-hybridized carbons (Fsp3) is 0.375. The van der Waals surface area contributed by atoms with Crippen LogP contribution >= 0.6 is 11.6 Å². The van der Waals surface area contributed by atoms with E-state index in [4.69, 9.17) is 20.5 Å². The fourth-order valence-electron chi connectivity index (χ4n) is 4.20. The van der Waals surface area contributed by atoms with E-state index in [0.717, 1.165) is 19.2 Å². The lowest BCUT2D eigenvalue weighted by molar-refractivity contribution is -0.384. The van der Waals surface area contributed by atoms with Crippen LogP contribution in [0.15, 0.2) is 40.2 Å². The van der Waals surface area contributed by atoms with Gasteiger partial charge in [-0.25, -0.2) is 9.59 Å². The minimum atomic E-state index is -4.58. The average Bonchev–Trinajstić information content (AvgIpc) is 2.91. The number of aliphatic imine (C=N–C) groups is 1. The molecule has 1 heterocycles. The molecule has 1 fully saturated rings. The molecule has 2 aromatic carbocycles. The standard InChI is InChI=1S/C24H27ClN4O10S/c1-14-12-16(15-8-10-28(11-9-15)22(26-23(30)37-3)27-24(31)38-4)21(36-2)18(13-14)39-40(34,35)19-7-5-6-17(20(19)25)29(32)33/h5-7,12-13,15H,8-11H2,1-4H3,(H,26,27,30,31). The number of hydrogen-bond acceptors (Lipinski definition) is 10. The van der Waals surface area contributed by atoms with Gasteiger partial charge in [0.1, 0.15) is 9.92 Å². The first-order chi connectivity index (χ1) is 18.9. The number of rotatable bonds is 6. The van der Waals surface area contributed by atoms with E-state index in [9.17, 15) is 28.1 Å². The number of likely N-dealkylation sites (tertiary alicyclic amines) is 1. The van der Waals surface area contributed by atoms with Crippen molar-refractivity contribution in [3.05, 3.63) is 56.6 Å². The number of halogens is 1. The number of aryl methyl sites for hydroxylation is 1. The third kappa shape index (κ3) is 6.90. The normalized spacial score (nSPS) is 14.3. The molecule has 0 radical (unpaired) electrons. The van der Waals surface area contributed by atoms with Crippen molar-refractivity contribution in [3.63, 3.8) is 0 Å². The Balaban J connectivity index is 1.90. The van der Waals surface area contributed by atoms with E-state index in [1.54, 1.807) is 11.8 Å². The molecular weight excluding hydrogens is 572 g/mol. The van der Waals surface area contributed by atoms with E-state index in [1.165, 1.54) is 26.4 Å². The first-order valence-corrected chi connectivity index (χ1v) is 13.5. The summed E-state index contributed by atoms with van der Waals surface area (Å²) in [4.78, 5) is 38.8. The van der Waals surface area contributed by atoms with Gasteiger partial charge in [-0.3, -0.25) is 15.4 Å². The molecule has 2 amide bonds. The van der Waals surface area contributed by atoms with Crippen LogP contribution in [0.2, 0.25) is 5.02 Å². The minimum absolute atomic E-state index is 0.0303. The highest BCUT2D eigenvalue weighted by atomic mass is 35.5. The van der Waals surface area contributed by atoms with Gasteiger partial charge in [0.15, 0.2) is 11.5 Å².